The largest absolute Gasteiger partial charge is 0.309 e. The van der Waals surface area contributed by atoms with Crippen molar-refractivity contribution in [3.8, 4) is 11.4 Å². The molecule has 0 bridgehead atoms. The summed E-state index contributed by atoms with van der Waals surface area (Å²) < 4.78 is 71.3. The molecular weight excluding hydrogens is 386 g/mol. The number of fused-ring (bicyclic) bond motifs is 8. The number of rotatable bonds is 1. The molecule has 0 amide bonds. The topological polar surface area (TPSA) is 22.8 Å². The number of para-hydroxylation sites is 4. The minimum Gasteiger partial charge on any atom is -0.309 e. The van der Waals surface area contributed by atoms with Crippen LogP contribution in [-0.4, -0.2) is 14.1 Å². The molecule has 6 aromatic rings. The lowest BCUT2D eigenvalue weighted by molar-refractivity contribution is 0.941. The second kappa shape index (κ2) is 6.00. The predicted molar refractivity (Wildman–Crippen MR) is 125 cm³/mol. The van der Waals surface area contributed by atoms with Crippen molar-refractivity contribution in [2.24, 2.45) is 0 Å². The van der Waals surface area contributed by atoms with E-state index in [4.69, 9.17) is 16.0 Å². The molecule has 3 heterocycles. The fourth-order valence-electron chi connectivity index (χ4n) is 4.21. The van der Waals surface area contributed by atoms with E-state index in [0.29, 0.717) is 11.4 Å². The summed E-state index contributed by atoms with van der Waals surface area (Å²) >= 11 is 1.60. The van der Waals surface area contributed by atoms with Crippen molar-refractivity contribution in [2.75, 3.05) is 0 Å². The van der Waals surface area contributed by atoms with Gasteiger partial charge in [0.2, 0.25) is 0 Å². The van der Waals surface area contributed by atoms with Crippen LogP contribution in [0, 0.1) is 0 Å². The smallest absolute Gasteiger partial charge is 0.124 e. The zero-order valence-corrected chi connectivity index (χ0v) is 16.3. The van der Waals surface area contributed by atoms with Crippen LogP contribution >= 0.6 is 11.8 Å². The van der Waals surface area contributed by atoms with Gasteiger partial charge in [-0.3, -0.25) is 4.57 Å². The van der Waals surface area contributed by atoms with Crippen molar-refractivity contribution in [3.63, 3.8) is 0 Å². The first kappa shape index (κ1) is 10.5. The molecule has 142 valence electrons. The molecule has 30 heavy (non-hydrogen) atoms. The summed E-state index contributed by atoms with van der Waals surface area (Å²) in [5, 5.41) is 0.150. The Morgan fingerprint density at radius 1 is 0.800 bits per heavy atom. The van der Waals surface area contributed by atoms with E-state index in [1.54, 1.807) is 16.3 Å². The third kappa shape index (κ3) is 2.14. The summed E-state index contributed by atoms with van der Waals surface area (Å²) in [4.78, 5) is 5.68. The number of nitrogens with zero attached hydrogens (tertiary/aromatic N) is 3. The molecule has 1 aliphatic heterocycles. The fourth-order valence-corrected chi connectivity index (χ4v) is 5.19. The molecule has 0 saturated carbocycles. The van der Waals surface area contributed by atoms with Gasteiger partial charge < -0.3 is 4.57 Å². The Hall–Kier alpha value is -3.50. The van der Waals surface area contributed by atoms with Crippen LogP contribution in [0.1, 0.15) is 16.8 Å². The zero-order chi connectivity index (χ0) is 26.6. The highest BCUT2D eigenvalue weighted by Gasteiger charge is 2.21. The van der Waals surface area contributed by atoms with Gasteiger partial charge in [0.15, 0.2) is 0 Å². The highest BCUT2D eigenvalue weighted by molar-refractivity contribution is 7.98. The average Bonchev–Trinajstić information content (AvgIpc) is 3.49. The molecule has 0 fully saturated rings. The van der Waals surface area contributed by atoms with E-state index in [1.807, 2.05) is 42.5 Å². The monoisotopic (exact) mass is 411 g/mol. The lowest BCUT2D eigenvalue weighted by atomic mass is 10.2. The quantitative estimate of drug-likeness (QED) is 0.299. The van der Waals surface area contributed by atoms with Crippen molar-refractivity contribution in [3.05, 3.63) is 96.6 Å². The maximum atomic E-state index is 8.71. The molecule has 0 unspecified atom stereocenters. The first-order valence-electron chi connectivity index (χ1n) is 13.5. The maximum Gasteiger partial charge on any atom is 0.124 e. The summed E-state index contributed by atoms with van der Waals surface area (Å²) in [6.45, 7) is 0. The van der Waals surface area contributed by atoms with Crippen molar-refractivity contribution < 1.29 is 11.0 Å². The van der Waals surface area contributed by atoms with Crippen LogP contribution in [0.3, 0.4) is 0 Å². The van der Waals surface area contributed by atoms with Crippen molar-refractivity contribution >= 4 is 44.6 Å². The Bertz CT molecular complexity index is 1950. The summed E-state index contributed by atoms with van der Waals surface area (Å²) in [6, 6.07) is 10.5. The molecule has 2 aromatic heterocycles. The fraction of sp³-hybridized carbons (Fsp3) is 0.0385. The Morgan fingerprint density at radius 2 is 1.53 bits per heavy atom. The molecule has 0 spiro atoms. The molecule has 3 nitrogen and oxygen atoms in total. The highest BCUT2D eigenvalue weighted by Crippen LogP contribution is 2.40. The first-order chi connectivity index (χ1) is 18.2. The molecule has 4 heteroatoms. The van der Waals surface area contributed by atoms with Gasteiger partial charge in [-0.1, -0.05) is 48.4 Å². The van der Waals surface area contributed by atoms with Crippen molar-refractivity contribution in [1.82, 2.24) is 14.1 Å². The SMILES string of the molecule is [2H]c1c([2H])c([2H])c2c(c1[2H])c1c([2H])c([2H])c([2H])c([2H])c1n2-c1ccc2c(c1)SCc1nc3ccccc3n1-2. The van der Waals surface area contributed by atoms with Crippen LogP contribution < -0.4 is 0 Å². The van der Waals surface area contributed by atoms with Gasteiger partial charge in [-0.2, -0.15) is 0 Å². The van der Waals surface area contributed by atoms with Gasteiger partial charge in [0.05, 0.1) is 44.5 Å². The Labute approximate surface area is 188 Å². The number of benzene rings is 4. The summed E-state index contributed by atoms with van der Waals surface area (Å²) in [5.41, 5.74) is 3.59. The Kier molecular flexibility index (Phi) is 2.10. The molecule has 4 aromatic carbocycles. The van der Waals surface area contributed by atoms with E-state index in [1.165, 1.54) is 0 Å². The molecule has 1 aliphatic rings. The lowest BCUT2D eigenvalue weighted by Gasteiger charge is -2.20. The van der Waals surface area contributed by atoms with Gasteiger partial charge in [-0.25, -0.2) is 4.98 Å². The second-order valence-corrected chi connectivity index (χ2v) is 8.09. The van der Waals surface area contributed by atoms with Gasteiger partial charge in [-0.05, 0) is 42.4 Å². The molecule has 0 N–H and O–H groups in total. The van der Waals surface area contributed by atoms with Crippen LogP contribution in [0.4, 0.5) is 0 Å². The Morgan fingerprint density at radius 3 is 2.33 bits per heavy atom. The third-order valence-electron chi connectivity index (χ3n) is 5.46. The van der Waals surface area contributed by atoms with E-state index in [-0.39, 0.29) is 46.0 Å². The predicted octanol–water partition coefficient (Wildman–Crippen LogP) is 6.73. The number of imidazole rings is 1. The van der Waals surface area contributed by atoms with E-state index < -0.39 is 24.2 Å². The average molecular weight is 412 g/mol. The van der Waals surface area contributed by atoms with Crippen LogP contribution in [0.2, 0.25) is 0 Å². The van der Waals surface area contributed by atoms with Gasteiger partial charge in [0.25, 0.3) is 0 Å². The standard InChI is InChI=1S/C26H17N3S/c1-4-10-21-18(7-1)19-8-2-5-11-22(19)28(21)17-13-14-24-25(15-17)30-16-26-27-20-9-3-6-12-23(20)29(24)26/h1-15H,16H2/i1D,2D,4D,5D,7D,8D,10D,11D. The molecule has 0 saturated heterocycles. The Balaban J connectivity index is 1.61. The van der Waals surface area contributed by atoms with E-state index in [2.05, 4.69) is 4.57 Å². The number of aromatic nitrogens is 3. The molecule has 0 atom stereocenters. The first-order valence-corrected chi connectivity index (χ1v) is 10.4. The second-order valence-electron chi connectivity index (χ2n) is 7.08. The van der Waals surface area contributed by atoms with E-state index >= 15 is 0 Å². The van der Waals surface area contributed by atoms with Gasteiger partial charge in [-0.15, -0.1) is 11.8 Å². The summed E-state index contributed by atoms with van der Waals surface area (Å²) in [5.74, 6) is 1.56. The molecular formula is C26H17N3S. The molecule has 0 radical (unpaired) electrons. The lowest BCUT2D eigenvalue weighted by Crippen LogP contribution is -2.07. The zero-order valence-electron chi connectivity index (χ0n) is 23.5. The van der Waals surface area contributed by atoms with Gasteiger partial charge in [0.1, 0.15) is 5.82 Å². The molecule has 0 aliphatic carbocycles. The maximum absolute atomic E-state index is 8.71. The molecule has 7 rings (SSSR count). The van der Waals surface area contributed by atoms with Crippen LogP contribution in [0.15, 0.2) is 95.7 Å². The van der Waals surface area contributed by atoms with Gasteiger partial charge in [0, 0.05) is 21.4 Å². The third-order valence-corrected chi connectivity index (χ3v) is 6.50. The van der Waals surface area contributed by atoms with Crippen LogP contribution in [0.25, 0.3) is 44.2 Å². The minimum absolute atomic E-state index is 0.0752. The number of hydrogen-bond donors (Lipinski definition) is 0. The summed E-state index contributed by atoms with van der Waals surface area (Å²) in [7, 11) is 0. The number of thioether (sulfide) groups is 1. The van der Waals surface area contributed by atoms with Crippen molar-refractivity contribution in [1.29, 1.82) is 0 Å². The summed E-state index contributed by atoms with van der Waals surface area (Å²) in [6.07, 6.45) is 0. The van der Waals surface area contributed by atoms with E-state index in [9.17, 15) is 0 Å². The van der Waals surface area contributed by atoms with Crippen LogP contribution in [0.5, 0.6) is 0 Å². The minimum atomic E-state index is -0.450. The van der Waals surface area contributed by atoms with Gasteiger partial charge >= 0.3 is 0 Å². The van der Waals surface area contributed by atoms with Crippen LogP contribution in [-0.2, 0) is 5.75 Å². The number of hydrogen-bond acceptors (Lipinski definition) is 2. The highest BCUT2D eigenvalue weighted by atomic mass is 32.2. The van der Waals surface area contributed by atoms with Crippen molar-refractivity contribution in [2.45, 2.75) is 10.6 Å². The van der Waals surface area contributed by atoms with E-state index in [0.717, 1.165) is 27.4 Å². The normalized spacial score (nSPS) is 16.8.